The van der Waals surface area contributed by atoms with Gasteiger partial charge in [-0.2, -0.15) is 0 Å². The summed E-state index contributed by atoms with van der Waals surface area (Å²) in [5.74, 6) is -1.17. The Morgan fingerprint density at radius 3 is 2.08 bits per heavy atom. The van der Waals surface area contributed by atoms with Crippen molar-refractivity contribution in [2.24, 2.45) is 0 Å². The minimum atomic E-state index is -1.15. The van der Waals surface area contributed by atoms with E-state index in [0.717, 1.165) is 97.6 Å². The first-order valence-electron chi connectivity index (χ1n) is 18.4. The zero-order chi connectivity index (χ0) is 36.4. The van der Waals surface area contributed by atoms with Gasteiger partial charge in [-0.3, -0.25) is 0 Å². The maximum Gasteiger partial charge on any atom is 0.423 e. The van der Waals surface area contributed by atoms with E-state index in [1.54, 1.807) is 12.1 Å². The molecule has 0 atom stereocenters. The number of phenols is 1. The number of fused-ring (bicyclic) bond motifs is 3. The molecule has 6 heteroatoms. The molecule has 0 spiro atoms. The third-order valence-corrected chi connectivity index (χ3v) is 9.29. The Labute approximate surface area is 299 Å². The molecule has 3 aromatic rings. The molecule has 1 aliphatic rings. The Bertz CT molecular complexity index is 1740. The van der Waals surface area contributed by atoms with Crippen LogP contribution in [0.5, 0.6) is 23.0 Å². The number of phenolic OH excluding ortho intramolecular Hbond substituents is 1. The summed E-state index contributed by atoms with van der Waals surface area (Å²) >= 11 is 0. The molecule has 4 rings (SSSR count). The number of hydrogen-bond acceptors (Lipinski definition) is 6. The second-order valence-electron chi connectivity index (χ2n) is 14.5. The fourth-order valence-corrected chi connectivity index (χ4v) is 6.47. The number of rotatable bonds is 15. The van der Waals surface area contributed by atoms with E-state index in [2.05, 4.69) is 46.8 Å². The van der Waals surface area contributed by atoms with Gasteiger partial charge < -0.3 is 19.3 Å². The summed E-state index contributed by atoms with van der Waals surface area (Å²) in [6, 6.07) is 13.5. The molecule has 1 aliphatic heterocycles. The standard InChI is InChI=1S/C44H56O6/c1-9-11-13-18-32-25-37(45)34(22-20-30(5)17-15-16-29(3)4)38(26-32)48-42(46)43(47)49-39-27-33(19-14-12-10-2)28-40-41(39)35-24-31(6)21-23-36(35)44(7,8)50-40/h16,20-21,23-28,45H,9-15,17-19,22H2,1-8H3/b30-20+. The molecule has 0 fully saturated rings. The van der Waals surface area contributed by atoms with E-state index < -0.39 is 17.5 Å². The van der Waals surface area contributed by atoms with Crippen LogP contribution in [-0.4, -0.2) is 17.0 Å². The quantitative estimate of drug-likeness (QED) is 0.0565. The first kappa shape index (κ1) is 38.5. The molecule has 1 N–H and O–H groups in total. The smallest absolute Gasteiger partial charge is 0.423 e. The number of aromatic hydroxyl groups is 1. The van der Waals surface area contributed by atoms with E-state index in [1.165, 1.54) is 5.57 Å². The molecule has 3 aromatic carbocycles. The maximum absolute atomic E-state index is 13.6. The van der Waals surface area contributed by atoms with Crippen molar-refractivity contribution in [3.63, 3.8) is 0 Å². The van der Waals surface area contributed by atoms with Crippen LogP contribution < -0.4 is 14.2 Å². The molecule has 0 bridgehead atoms. The van der Waals surface area contributed by atoms with Crippen molar-refractivity contribution < 1.29 is 28.9 Å². The van der Waals surface area contributed by atoms with Gasteiger partial charge in [0, 0.05) is 11.1 Å². The van der Waals surface area contributed by atoms with E-state index in [1.807, 2.05) is 51.1 Å². The van der Waals surface area contributed by atoms with Gasteiger partial charge in [-0.1, -0.05) is 86.6 Å². The lowest BCUT2D eigenvalue weighted by Crippen LogP contribution is -2.30. The van der Waals surface area contributed by atoms with Crippen LogP contribution in [-0.2, 0) is 34.5 Å². The van der Waals surface area contributed by atoms with E-state index in [9.17, 15) is 14.7 Å². The predicted octanol–water partition coefficient (Wildman–Crippen LogP) is 11.2. The van der Waals surface area contributed by atoms with Crippen LogP contribution in [0.3, 0.4) is 0 Å². The number of carbonyl (C=O) groups is 2. The van der Waals surface area contributed by atoms with Crippen molar-refractivity contribution in [2.45, 2.75) is 132 Å². The zero-order valence-corrected chi connectivity index (χ0v) is 31.5. The number of unbranched alkanes of at least 4 members (excludes halogenated alkanes) is 4. The van der Waals surface area contributed by atoms with E-state index in [4.69, 9.17) is 14.2 Å². The Morgan fingerprint density at radius 1 is 0.820 bits per heavy atom. The third kappa shape index (κ3) is 10.1. The van der Waals surface area contributed by atoms with Gasteiger partial charge in [0.05, 0.1) is 5.56 Å². The summed E-state index contributed by atoms with van der Waals surface area (Å²) in [6.45, 7) is 16.6. The van der Waals surface area contributed by atoms with Crippen molar-refractivity contribution in [1.82, 2.24) is 0 Å². The highest BCUT2D eigenvalue weighted by molar-refractivity contribution is 6.31. The largest absolute Gasteiger partial charge is 0.508 e. The topological polar surface area (TPSA) is 82.1 Å². The molecular weight excluding hydrogens is 624 g/mol. The summed E-state index contributed by atoms with van der Waals surface area (Å²) in [4.78, 5) is 27.1. The number of carbonyl (C=O) groups excluding carboxylic acids is 2. The summed E-state index contributed by atoms with van der Waals surface area (Å²) < 4.78 is 18.2. The normalized spacial score (nSPS) is 13.2. The number of aryl methyl sites for hydroxylation is 3. The van der Waals surface area contributed by atoms with Crippen LogP contribution in [0.2, 0.25) is 0 Å². The van der Waals surface area contributed by atoms with Crippen LogP contribution >= 0.6 is 0 Å². The van der Waals surface area contributed by atoms with Gasteiger partial charge in [-0.05, 0) is 127 Å². The summed E-state index contributed by atoms with van der Waals surface area (Å²) in [7, 11) is 0. The van der Waals surface area contributed by atoms with Gasteiger partial charge in [0.15, 0.2) is 0 Å². The number of benzene rings is 3. The molecule has 0 radical (unpaired) electrons. The number of allylic oxidation sites excluding steroid dienone is 4. The Kier molecular flexibility index (Phi) is 13.5. The second kappa shape index (κ2) is 17.6. The molecule has 268 valence electrons. The lowest BCUT2D eigenvalue weighted by atomic mass is 9.84. The molecule has 1 heterocycles. The molecular formula is C44H56O6. The number of ether oxygens (including phenoxy) is 3. The molecule has 0 saturated carbocycles. The van der Waals surface area contributed by atoms with Crippen LogP contribution in [0.15, 0.2) is 65.8 Å². The SMILES string of the molecule is CCCCCc1cc(O)c(C/C=C(\C)CCC=C(C)C)c(OC(=O)C(=O)Oc2cc(CCCCC)cc3c2-c2cc(C)ccc2C(C)(C)O3)c1. The summed E-state index contributed by atoms with van der Waals surface area (Å²) in [5.41, 5.74) is 7.70. The summed E-state index contributed by atoms with van der Waals surface area (Å²) in [5, 5.41) is 11.1. The Morgan fingerprint density at radius 2 is 1.44 bits per heavy atom. The maximum atomic E-state index is 13.6. The zero-order valence-electron chi connectivity index (χ0n) is 31.5. The monoisotopic (exact) mass is 680 g/mol. The van der Waals surface area contributed by atoms with Gasteiger partial charge in [-0.25, -0.2) is 9.59 Å². The van der Waals surface area contributed by atoms with E-state index in [0.29, 0.717) is 23.3 Å². The average molecular weight is 681 g/mol. The van der Waals surface area contributed by atoms with Gasteiger partial charge in [-0.15, -0.1) is 0 Å². The molecule has 6 nitrogen and oxygen atoms in total. The number of esters is 2. The Balaban J connectivity index is 1.66. The highest BCUT2D eigenvalue weighted by Gasteiger charge is 2.36. The van der Waals surface area contributed by atoms with Gasteiger partial charge in [0.1, 0.15) is 28.6 Å². The summed E-state index contributed by atoms with van der Waals surface area (Å²) in [6.07, 6.45) is 14.1. The van der Waals surface area contributed by atoms with E-state index in [-0.39, 0.29) is 17.2 Å². The minimum Gasteiger partial charge on any atom is -0.508 e. The van der Waals surface area contributed by atoms with Crippen molar-refractivity contribution in [3.05, 3.63) is 93.6 Å². The molecule has 0 amide bonds. The van der Waals surface area contributed by atoms with Crippen LogP contribution in [0.4, 0.5) is 0 Å². The molecule has 0 saturated heterocycles. The van der Waals surface area contributed by atoms with Crippen molar-refractivity contribution in [3.8, 4) is 34.1 Å². The van der Waals surface area contributed by atoms with Crippen LogP contribution in [0.1, 0.15) is 128 Å². The molecule has 50 heavy (non-hydrogen) atoms. The van der Waals surface area contributed by atoms with Crippen molar-refractivity contribution >= 4 is 11.9 Å². The van der Waals surface area contributed by atoms with E-state index >= 15 is 0 Å². The molecule has 0 aliphatic carbocycles. The van der Waals surface area contributed by atoms with Gasteiger partial charge >= 0.3 is 11.9 Å². The first-order valence-corrected chi connectivity index (χ1v) is 18.4. The Hall–Kier alpha value is -4.32. The average Bonchev–Trinajstić information content (AvgIpc) is 3.03. The highest BCUT2D eigenvalue weighted by atomic mass is 16.6. The lowest BCUT2D eigenvalue weighted by molar-refractivity contribution is -0.156. The fraction of sp³-hybridized carbons (Fsp3) is 0.455. The van der Waals surface area contributed by atoms with Gasteiger partial charge in [0.2, 0.25) is 0 Å². The van der Waals surface area contributed by atoms with Gasteiger partial charge in [0.25, 0.3) is 0 Å². The highest BCUT2D eigenvalue weighted by Crippen LogP contribution is 2.50. The fourth-order valence-electron chi connectivity index (χ4n) is 6.47. The van der Waals surface area contributed by atoms with Crippen LogP contribution in [0, 0.1) is 6.92 Å². The molecule has 0 aromatic heterocycles. The lowest BCUT2D eigenvalue weighted by Gasteiger charge is -2.36. The minimum absolute atomic E-state index is 0.0455. The second-order valence-corrected chi connectivity index (χ2v) is 14.5. The van der Waals surface area contributed by atoms with Crippen molar-refractivity contribution in [1.29, 1.82) is 0 Å². The third-order valence-electron chi connectivity index (χ3n) is 9.29. The number of hydrogen-bond donors (Lipinski definition) is 1. The van der Waals surface area contributed by atoms with Crippen LogP contribution in [0.25, 0.3) is 11.1 Å². The predicted molar refractivity (Wildman–Crippen MR) is 202 cm³/mol. The van der Waals surface area contributed by atoms with Crippen molar-refractivity contribution in [2.75, 3.05) is 0 Å². The first-order chi connectivity index (χ1) is 23.8. The molecule has 0 unspecified atom stereocenters.